The highest BCUT2D eigenvalue weighted by molar-refractivity contribution is 7.89. The lowest BCUT2D eigenvalue weighted by Crippen LogP contribution is -2.24. The zero-order chi connectivity index (χ0) is 12.2. The average Bonchev–Trinajstić information content (AvgIpc) is 2.16. The van der Waals surface area contributed by atoms with Crippen LogP contribution in [0, 0.1) is 0 Å². The van der Waals surface area contributed by atoms with Gasteiger partial charge in [-0.3, -0.25) is 0 Å². The van der Waals surface area contributed by atoms with Crippen molar-refractivity contribution < 1.29 is 8.42 Å². The number of unbranched alkanes of at least 4 members (excludes halogenated alkanes) is 1. The summed E-state index contributed by atoms with van der Waals surface area (Å²) < 4.78 is 26.1. The van der Waals surface area contributed by atoms with Gasteiger partial charge in [0.2, 0.25) is 10.0 Å². The van der Waals surface area contributed by atoms with Crippen LogP contribution in [0.2, 0.25) is 10.0 Å². The average molecular weight is 282 g/mol. The maximum absolute atomic E-state index is 11.8. The van der Waals surface area contributed by atoms with E-state index in [4.69, 9.17) is 23.2 Å². The number of hydrogen-bond donors (Lipinski definition) is 1. The van der Waals surface area contributed by atoms with Gasteiger partial charge in [0, 0.05) is 16.6 Å². The van der Waals surface area contributed by atoms with Gasteiger partial charge in [0.1, 0.15) is 0 Å². The van der Waals surface area contributed by atoms with Gasteiger partial charge in [-0.05, 0) is 24.6 Å². The van der Waals surface area contributed by atoms with Crippen molar-refractivity contribution in [2.75, 3.05) is 6.54 Å². The molecule has 0 spiro atoms. The number of rotatable bonds is 5. The van der Waals surface area contributed by atoms with Crippen LogP contribution >= 0.6 is 23.2 Å². The number of nitrogens with one attached hydrogen (secondary N) is 1. The Morgan fingerprint density at radius 3 is 2.25 bits per heavy atom. The van der Waals surface area contributed by atoms with E-state index in [-0.39, 0.29) is 4.90 Å². The van der Waals surface area contributed by atoms with Crippen LogP contribution in [-0.2, 0) is 10.0 Å². The summed E-state index contributed by atoms with van der Waals surface area (Å²) in [5, 5.41) is 0.617. The molecular weight excluding hydrogens is 269 g/mol. The van der Waals surface area contributed by atoms with E-state index in [1.165, 1.54) is 18.2 Å². The van der Waals surface area contributed by atoms with Gasteiger partial charge in [-0.25, -0.2) is 13.1 Å². The minimum atomic E-state index is -3.50. The molecule has 0 aliphatic heterocycles. The molecule has 0 unspecified atom stereocenters. The standard InChI is InChI=1S/C10H13Cl2NO2S/c1-2-3-4-13-16(14,15)10-6-8(11)5-9(12)7-10/h5-7,13H,2-4H2,1H3. The molecule has 0 atom stereocenters. The van der Waals surface area contributed by atoms with Crippen LogP contribution in [0.1, 0.15) is 19.8 Å². The van der Waals surface area contributed by atoms with Crippen molar-refractivity contribution in [3.05, 3.63) is 28.2 Å². The first-order chi connectivity index (χ1) is 7.45. The Labute approximate surface area is 106 Å². The van der Waals surface area contributed by atoms with Crippen LogP contribution in [0.5, 0.6) is 0 Å². The molecule has 1 aromatic rings. The molecule has 0 heterocycles. The van der Waals surface area contributed by atoms with E-state index in [1.54, 1.807) is 0 Å². The van der Waals surface area contributed by atoms with Crippen LogP contribution in [0.15, 0.2) is 23.1 Å². The monoisotopic (exact) mass is 281 g/mol. The van der Waals surface area contributed by atoms with E-state index >= 15 is 0 Å². The predicted molar refractivity (Wildman–Crippen MR) is 66.6 cm³/mol. The smallest absolute Gasteiger partial charge is 0.211 e. The second kappa shape index (κ2) is 5.87. The Morgan fingerprint density at radius 1 is 1.19 bits per heavy atom. The fourth-order valence-electron chi connectivity index (χ4n) is 1.15. The molecule has 0 radical (unpaired) electrons. The number of hydrogen-bond acceptors (Lipinski definition) is 2. The quantitative estimate of drug-likeness (QED) is 0.844. The SMILES string of the molecule is CCCCNS(=O)(=O)c1cc(Cl)cc(Cl)c1. The van der Waals surface area contributed by atoms with Crippen LogP contribution in [0.4, 0.5) is 0 Å². The van der Waals surface area contributed by atoms with Crippen molar-refractivity contribution in [1.29, 1.82) is 0 Å². The fourth-order valence-corrected chi connectivity index (χ4v) is 2.95. The highest BCUT2D eigenvalue weighted by Crippen LogP contribution is 2.22. The molecule has 1 rings (SSSR count). The molecule has 0 aliphatic carbocycles. The molecule has 0 aromatic heterocycles. The Morgan fingerprint density at radius 2 is 1.75 bits per heavy atom. The zero-order valence-electron chi connectivity index (χ0n) is 8.83. The maximum Gasteiger partial charge on any atom is 0.240 e. The molecular formula is C10H13Cl2NO2S. The van der Waals surface area contributed by atoms with Gasteiger partial charge in [-0.15, -0.1) is 0 Å². The summed E-state index contributed by atoms with van der Waals surface area (Å²) in [7, 11) is -3.50. The second-order valence-corrected chi connectivity index (χ2v) is 6.00. The summed E-state index contributed by atoms with van der Waals surface area (Å²) in [5.74, 6) is 0. The summed E-state index contributed by atoms with van der Waals surface area (Å²) in [6, 6.07) is 4.25. The van der Waals surface area contributed by atoms with Gasteiger partial charge < -0.3 is 0 Å². The van der Waals surface area contributed by atoms with Gasteiger partial charge in [0.25, 0.3) is 0 Å². The first-order valence-corrected chi connectivity index (χ1v) is 7.15. The Balaban J connectivity index is 2.89. The molecule has 6 heteroatoms. The molecule has 1 aromatic carbocycles. The van der Waals surface area contributed by atoms with Crippen molar-refractivity contribution in [1.82, 2.24) is 4.72 Å². The Bertz CT molecular complexity index is 440. The first kappa shape index (κ1) is 13.8. The minimum Gasteiger partial charge on any atom is -0.211 e. The second-order valence-electron chi connectivity index (χ2n) is 3.36. The summed E-state index contributed by atoms with van der Waals surface area (Å²) in [6.07, 6.45) is 1.73. The normalized spacial score (nSPS) is 11.7. The number of benzene rings is 1. The van der Waals surface area contributed by atoms with Crippen molar-refractivity contribution >= 4 is 33.2 Å². The Kier molecular flexibility index (Phi) is 5.05. The molecule has 0 fully saturated rings. The Hall–Kier alpha value is -0.290. The number of sulfonamides is 1. The molecule has 0 saturated carbocycles. The topological polar surface area (TPSA) is 46.2 Å². The predicted octanol–water partition coefficient (Wildman–Crippen LogP) is 3.07. The maximum atomic E-state index is 11.8. The zero-order valence-corrected chi connectivity index (χ0v) is 11.2. The van der Waals surface area contributed by atoms with E-state index in [9.17, 15) is 8.42 Å². The number of halogens is 2. The molecule has 3 nitrogen and oxygen atoms in total. The third-order valence-electron chi connectivity index (χ3n) is 1.97. The van der Waals surface area contributed by atoms with Gasteiger partial charge in [0.05, 0.1) is 4.90 Å². The van der Waals surface area contributed by atoms with Crippen LogP contribution < -0.4 is 4.72 Å². The summed E-state index contributed by atoms with van der Waals surface area (Å²) in [5.41, 5.74) is 0. The molecule has 0 amide bonds. The molecule has 0 bridgehead atoms. The van der Waals surface area contributed by atoms with Crippen molar-refractivity contribution in [2.24, 2.45) is 0 Å². The van der Waals surface area contributed by atoms with Gasteiger partial charge in [0.15, 0.2) is 0 Å². The molecule has 0 aliphatic rings. The first-order valence-electron chi connectivity index (χ1n) is 4.91. The van der Waals surface area contributed by atoms with Crippen LogP contribution in [-0.4, -0.2) is 15.0 Å². The summed E-state index contributed by atoms with van der Waals surface area (Å²) in [6.45, 7) is 2.41. The third kappa shape index (κ3) is 3.94. The van der Waals surface area contributed by atoms with E-state index in [0.717, 1.165) is 12.8 Å². The van der Waals surface area contributed by atoms with Crippen LogP contribution in [0.25, 0.3) is 0 Å². The van der Waals surface area contributed by atoms with E-state index in [0.29, 0.717) is 16.6 Å². The van der Waals surface area contributed by atoms with Crippen molar-refractivity contribution in [3.63, 3.8) is 0 Å². The summed E-state index contributed by atoms with van der Waals surface area (Å²) >= 11 is 11.5. The van der Waals surface area contributed by atoms with Crippen molar-refractivity contribution in [2.45, 2.75) is 24.7 Å². The minimum absolute atomic E-state index is 0.0982. The van der Waals surface area contributed by atoms with E-state index in [2.05, 4.69) is 4.72 Å². The molecule has 0 saturated heterocycles. The van der Waals surface area contributed by atoms with Gasteiger partial charge >= 0.3 is 0 Å². The highest BCUT2D eigenvalue weighted by atomic mass is 35.5. The lowest BCUT2D eigenvalue weighted by molar-refractivity contribution is 0.578. The third-order valence-corrected chi connectivity index (χ3v) is 3.85. The molecule has 90 valence electrons. The lowest BCUT2D eigenvalue weighted by atomic mass is 10.3. The highest BCUT2D eigenvalue weighted by Gasteiger charge is 2.14. The van der Waals surface area contributed by atoms with E-state index in [1.807, 2.05) is 6.92 Å². The van der Waals surface area contributed by atoms with Gasteiger partial charge in [-0.1, -0.05) is 36.5 Å². The van der Waals surface area contributed by atoms with Gasteiger partial charge in [-0.2, -0.15) is 0 Å². The fraction of sp³-hybridized carbons (Fsp3) is 0.400. The van der Waals surface area contributed by atoms with Crippen molar-refractivity contribution in [3.8, 4) is 0 Å². The largest absolute Gasteiger partial charge is 0.240 e. The summed E-state index contributed by atoms with van der Waals surface area (Å²) in [4.78, 5) is 0.0982. The molecule has 16 heavy (non-hydrogen) atoms. The van der Waals surface area contributed by atoms with Crippen LogP contribution in [0.3, 0.4) is 0 Å². The molecule has 1 N–H and O–H groups in total. The van der Waals surface area contributed by atoms with E-state index < -0.39 is 10.0 Å². The lowest BCUT2D eigenvalue weighted by Gasteiger charge is -2.06.